The predicted octanol–water partition coefficient (Wildman–Crippen LogP) is 2.88. The smallest absolute Gasteiger partial charge is 0.348 e. The van der Waals surface area contributed by atoms with Gasteiger partial charge in [0.2, 0.25) is 0 Å². The molecule has 0 aliphatic carbocycles. The number of ether oxygens (including phenoxy) is 2. The zero-order valence-electron chi connectivity index (χ0n) is 8.71. The van der Waals surface area contributed by atoms with Gasteiger partial charge < -0.3 is 9.47 Å². The van der Waals surface area contributed by atoms with Gasteiger partial charge in [-0.05, 0) is 28.9 Å². The molecule has 15 heavy (non-hydrogen) atoms. The number of thiophene rings is 1. The van der Waals surface area contributed by atoms with E-state index in [1.165, 1.54) is 18.4 Å². The minimum absolute atomic E-state index is 0.289. The zero-order chi connectivity index (χ0) is 11.3. The van der Waals surface area contributed by atoms with Gasteiger partial charge >= 0.3 is 5.97 Å². The van der Waals surface area contributed by atoms with Gasteiger partial charge in [0.1, 0.15) is 4.88 Å². The van der Waals surface area contributed by atoms with Crippen LogP contribution in [0.4, 0.5) is 0 Å². The molecule has 1 aromatic rings. The number of carbonyl (C=O) groups is 1. The van der Waals surface area contributed by atoms with Gasteiger partial charge in [0, 0.05) is 22.4 Å². The number of hydrogen-bond donors (Lipinski definition) is 0. The lowest BCUT2D eigenvalue weighted by atomic mass is 10.3. The second kappa shape index (κ2) is 6.25. The Morgan fingerprint density at radius 3 is 2.93 bits per heavy atom. The fraction of sp³-hybridized carbons (Fsp3) is 0.500. The lowest BCUT2D eigenvalue weighted by Crippen LogP contribution is -1.97. The SMILES string of the molecule is CCOCCc1sc(C(=O)OC)cc1Br. The molecule has 0 aliphatic rings. The first-order valence-corrected chi connectivity index (χ1v) is 6.24. The molecule has 0 saturated carbocycles. The summed E-state index contributed by atoms with van der Waals surface area (Å²) in [5, 5.41) is 0. The maximum absolute atomic E-state index is 11.2. The van der Waals surface area contributed by atoms with E-state index in [2.05, 4.69) is 20.7 Å². The standard InChI is InChI=1S/C10H13BrO3S/c1-3-14-5-4-8-7(11)6-9(15-8)10(12)13-2/h6H,3-5H2,1-2H3. The summed E-state index contributed by atoms with van der Waals surface area (Å²) in [6, 6.07) is 1.79. The third-order valence-electron chi connectivity index (χ3n) is 1.82. The lowest BCUT2D eigenvalue weighted by Gasteiger charge is -1.98. The summed E-state index contributed by atoms with van der Waals surface area (Å²) in [7, 11) is 1.38. The third-order valence-corrected chi connectivity index (χ3v) is 3.97. The maximum atomic E-state index is 11.2. The van der Waals surface area contributed by atoms with Gasteiger partial charge in [0.25, 0.3) is 0 Å². The van der Waals surface area contributed by atoms with Gasteiger partial charge in [-0.3, -0.25) is 0 Å². The van der Waals surface area contributed by atoms with Crippen molar-refractivity contribution < 1.29 is 14.3 Å². The van der Waals surface area contributed by atoms with E-state index >= 15 is 0 Å². The largest absolute Gasteiger partial charge is 0.465 e. The molecule has 0 N–H and O–H groups in total. The number of carbonyl (C=O) groups excluding carboxylic acids is 1. The molecule has 1 aromatic heterocycles. The average molecular weight is 293 g/mol. The Hall–Kier alpha value is -0.390. The summed E-state index contributed by atoms with van der Waals surface area (Å²) >= 11 is 4.86. The quantitative estimate of drug-likeness (QED) is 0.618. The normalized spacial score (nSPS) is 10.3. The van der Waals surface area contributed by atoms with Gasteiger partial charge in [0.05, 0.1) is 13.7 Å². The highest BCUT2D eigenvalue weighted by Gasteiger charge is 2.13. The molecule has 0 fully saturated rings. The molecule has 0 unspecified atom stereocenters. The molecule has 0 aliphatic heterocycles. The first-order valence-electron chi connectivity index (χ1n) is 4.63. The molecule has 0 aromatic carbocycles. The predicted molar refractivity (Wildman–Crippen MR) is 63.6 cm³/mol. The molecule has 3 nitrogen and oxygen atoms in total. The van der Waals surface area contributed by atoms with E-state index < -0.39 is 0 Å². The van der Waals surface area contributed by atoms with Crippen molar-refractivity contribution in [2.45, 2.75) is 13.3 Å². The van der Waals surface area contributed by atoms with Crippen LogP contribution in [0.25, 0.3) is 0 Å². The molecule has 0 atom stereocenters. The number of rotatable bonds is 5. The first-order chi connectivity index (χ1) is 7.19. The van der Waals surface area contributed by atoms with Crippen molar-refractivity contribution in [2.24, 2.45) is 0 Å². The number of hydrogen-bond acceptors (Lipinski definition) is 4. The summed E-state index contributed by atoms with van der Waals surface area (Å²) in [5.41, 5.74) is 0. The fourth-order valence-electron chi connectivity index (χ4n) is 1.09. The van der Waals surface area contributed by atoms with Crippen LogP contribution in [0.3, 0.4) is 0 Å². The van der Waals surface area contributed by atoms with Crippen LogP contribution in [0.2, 0.25) is 0 Å². The minimum atomic E-state index is -0.289. The van der Waals surface area contributed by atoms with E-state index in [9.17, 15) is 4.79 Å². The van der Waals surface area contributed by atoms with Crippen LogP contribution in [-0.4, -0.2) is 26.3 Å². The molecule has 5 heteroatoms. The highest BCUT2D eigenvalue weighted by molar-refractivity contribution is 9.10. The number of esters is 1. The van der Waals surface area contributed by atoms with Crippen molar-refractivity contribution in [1.82, 2.24) is 0 Å². The summed E-state index contributed by atoms with van der Waals surface area (Å²) in [6.45, 7) is 3.35. The van der Waals surface area contributed by atoms with Crippen LogP contribution < -0.4 is 0 Å². The highest BCUT2D eigenvalue weighted by atomic mass is 79.9. The highest BCUT2D eigenvalue weighted by Crippen LogP contribution is 2.28. The van der Waals surface area contributed by atoms with Crippen molar-refractivity contribution in [2.75, 3.05) is 20.3 Å². The van der Waals surface area contributed by atoms with Gasteiger partial charge in [-0.25, -0.2) is 4.79 Å². The van der Waals surface area contributed by atoms with Crippen molar-refractivity contribution in [3.63, 3.8) is 0 Å². The Labute approximate surface area is 102 Å². The Morgan fingerprint density at radius 2 is 2.33 bits per heavy atom. The molecule has 0 radical (unpaired) electrons. The average Bonchev–Trinajstić information content (AvgIpc) is 2.60. The van der Waals surface area contributed by atoms with Crippen molar-refractivity contribution in [3.8, 4) is 0 Å². The lowest BCUT2D eigenvalue weighted by molar-refractivity contribution is 0.0606. The minimum Gasteiger partial charge on any atom is -0.465 e. The van der Waals surface area contributed by atoms with E-state index in [0.29, 0.717) is 18.1 Å². The van der Waals surface area contributed by atoms with E-state index in [4.69, 9.17) is 4.74 Å². The first kappa shape index (κ1) is 12.7. The zero-order valence-corrected chi connectivity index (χ0v) is 11.1. The molecule has 1 heterocycles. The fourth-order valence-corrected chi connectivity index (χ4v) is 2.86. The van der Waals surface area contributed by atoms with Crippen LogP contribution in [0, 0.1) is 0 Å². The van der Waals surface area contributed by atoms with Crippen LogP contribution >= 0.6 is 27.3 Å². The van der Waals surface area contributed by atoms with E-state index in [1.807, 2.05) is 6.92 Å². The molecule has 0 saturated heterocycles. The van der Waals surface area contributed by atoms with Crippen molar-refractivity contribution >= 4 is 33.2 Å². The Morgan fingerprint density at radius 1 is 1.60 bits per heavy atom. The van der Waals surface area contributed by atoms with E-state index in [1.54, 1.807) is 6.07 Å². The summed E-state index contributed by atoms with van der Waals surface area (Å²) in [6.07, 6.45) is 0.816. The Balaban J connectivity index is 2.64. The Bertz CT molecular complexity index is 335. The van der Waals surface area contributed by atoms with Crippen LogP contribution in [0.5, 0.6) is 0 Å². The molecule has 84 valence electrons. The van der Waals surface area contributed by atoms with Crippen LogP contribution in [0.1, 0.15) is 21.5 Å². The Kier molecular flexibility index (Phi) is 5.28. The molecule has 1 rings (SSSR count). The summed E-state index contributed by atoms with van der Waals surface area (Å²) in [5.74, 6) is -0.289. The van der Waals surface area contributed by atoms with Crippen molar-refractivity contribution in [3.05, 3.63) is 20.3 Å². The molecule has 0 amide bonds. The van der Waals surface area contributed by atoms with E-state index in [-0.39, 0.29) is 5.97 Å². The van der Waals surface area contributed by atoms with Crippen LogP contribution in [0.15, 0.2) is 10.5 Å². The van der Waals surface area contributed by atoms with E-state index in [0.717, 1.165) is 15.8 Å². The molecular formula is C10H13BrO3S. The third kappa shape index (κ3) is 3.59. The second-order valence-corrected chi connectivity index (χ2v) is 4.81. The van der Waals surface area contributed by atoms with Gasteiger partial charge in [-0.1, -0.05) is 0 Å². The number of halogens is 1. The number of methoxy groups -OCH3 is 1. The van der Waals surface area contributed by atoms with Crippen molar-refractivity contribution in [1.29, 1.82) is 0 Å². The monoisotopic (exact) mass is 292 g/mol. The molecule has 0 bridgehead atoms. The van der Waals surface area contributed by atoms with Crippen LogP contribution in [-0.2, 0) is 15.9 Å². The molecule has 0 spiro atoms. The van der Waals surface area contributed by atoms with Gasteiger partial charge in [-0.15, -0.1) is 11.3 Å². The van der Waals surface area contributed by atoms with Gasteiger partial charge in [-0.2, -0.15) is 0 Å². The maximum Gasteiger partial charge on any atom is 0.348 e. The topological polar surface area (TPSA) is 35.5 Å². The van der Waals surface area contributed by atoms with Gasteiger partial charge in [0.15, 0.2) is 0 Å². The summed E-state index contributed by atoms with van der Waals surface area (Å²) < 4.78 is 10.9. The second-order valence-electron chi connectivity index (χ2n) is 2.82. The molecular weight excluding hydrogens is 280 g/mol. The summed E-state index contributed by atoms with van der Waals surface area (Å²) in [4.78, 5) is 13.0.